The Morgan fingerprint density at radius 3 is 2.58 bits per heavy atom. The maximum Gasteiger partial charge on any atom is 0.243 e. The van der Waals surface area contributed by atoms with Crippen LogP contribution < -0.4 is 5.32 Å². The first-order valence-corrected chi connectivity index (χ1v) is 10.5. The smallest absolute Gasteiger partial charge is 0.243 e. The van der Waals surface area contributed by atoms with Crippen molar-refractivity contribution >= 4 is 27.3 Å². The number of carbonyl (C=O) groups is 1. The molecule has 0 aliphatic carbocycles. The Balaban J connectivity index is 1.62. The number of amides is 1. The van der Waals surface area contributed by atoms with E-state index < -0.39 is 27.2 Å². The summed E-state index contributed by atoms with van der Waals surface area (Å²) < 4.78 is 23.1. The van der Waals surface area contributed by atoms with Crippen molar-refractivity contribution in [2.24, 2.45) is 0 Å². The van der Waals surface area contributed by atoms with Crippen LogP contribution in [0.2, 0.25) is 0 Å². The molecule has 1 saturated heterocycles. The zero-order chi connectivity index (χ0) is 18.9. The van der Waals surface area contributed by atoms with E-state index in [0.717, 1.165) is 5.56 Å². The van der Waals surface area contributed by atoms with Crippen molar-refractivity contribution < 1.29 is 13.2 Å². The lowest BCUT2D eigenvalue weighted by Crippen LogP contribution is -2.42. The molecule has 2 atom stereocenters. The van der Waals surface area contributed by atoms with Crippen LogP contribution in [0.4, 0.5) is 0 Å². The van der Waals surface area contributed by atoms with E-state index in [1.165, 1.54) is 10.4 Å². The first-order valence-electron chi connectivity index (χ1n) is 8.25. The number of sulfone groups is 1. The number of nitrogens with one attached hydrogen (secondary N) is 1. The molecule has 0 saturated carbocycles. The molecule has 1 aromatic heterocycles. The Kier molecular flexibility index (Phi) is 5.29. The van der Waals surface area contributed by atoms with Crippen LogP contribution in [0.1, 0.15) is 25.3 Å². The third kappa shape index (κ3) is 4.39. The lowest BCUT2D eigenvalue weighted by Gasteiger charge is -2.13. The normalized spacial score (nSPS) is 21.8. The molecule has 2 aromatic rings. The zero-order valence-electron chi connectivity index (χ0n) is 14.5. The summed E-state index contributed by atoms with van der Waals surface area (Å²) in [5.74, 6) is 0.174. The fourth-order valence-corrected chi connectivity index (χ4v) is 5.31. The summed E-state index contributed by atoms with van der Waals surface area (Å²) in [4.78, 5) is 13.3. The molecule has 10 heteroatoms. The summed E-state index contributed by atoms with van der Waals surface area (Å²) >= 11 is 5.98. The van der Waals surface area contributed by atoms with Crippen molar-refractivity contribution in [2.75, 3.05) is 11.5 Å². The molecule has 0 radical (unpaired) electrons. The second-order valence-corrected chi connectivity index (χ2v) is 9.40. The van der Waals surface area contributed by atoms with Crippen molar-refractivity contribution in [1.82, 2.24) is 25.5 Å². The molecule has 1 fully saturated rings. The molecule has 1 aromatic carbocycles. The fraction of sp³-hybridized carbons (Fsp3) is 0.500. The Hall–Kier alpha value is -2.00. The topological polar surface area (TPSA) is 107 Å². The molecule has 0 bridgehead atoms. The molecular formula is C16H20ClN5O3S. The van der Waals surface area contributed by atoms with Crippen LogP contribution >= 0.6 is 11.6 Å². The number of hydrogen-bond donors (Lipinski definition) is 1. The number of hydrogen-bond acceptors (Lipinski definition) is 6. The van der Waals surface area contributed by atoms with E-state index in [1.54, 1.807) is 0 Å². The van der Waals surface area contributed by atoms with Crippen LogP contribution in [0.25, 0.3) is 11.4 Å². The number of rotatable bonds is 5. The van der Waals surface area contributed by atoms with Gasteiger partial charge >= 0.3 is 0 Å². The van der Waals surface area contributed by atoms with Gasteiger partial charge in [0.2, 0.25) is 11.7 Å². The quantitative estimate of drug-likeness (QED) is 0.754. The minimum Gasteiger partial charge on any atom is -0.349 e. The molecular weight excluding hydrogens is 378 g/mol. The average molecular weight is 398 g/mol. The SMILES string of the molecule is CC(C)c1ccc(-c2nnn(CC(=O)N[C@H]3CS(=O)(=O)C[C@H]3Cl)n2)cc1. The van der Waals surface area contributed by atoms with E-state index in [0.29, 0.717) is 11.7 Å². The molecule has 3 rings (SSSR count). The zero-order valence-corrected chi connectivity index (χ0v) is 16.0. The highest BCUT2D eigenvalue weighted by Gasteiger charge is 2.37. The summed E-state index contributed by atoms with van der Waals surface area (Å²) in [5.41, 5.74) is 2.02. The van der Waals surface area contributed by atoms with Crippen LogP contribution in [-0.4, -0.2) is 57.5 Å². The van der Waals surface area contributed by atoms with Crippen molar-refractivity contribution in [3.8, 4) is 11.4 Å². The summed E-state index contributed by atoms with van der Waals surface area (Å²) in [6, 6.07) is 7.25. The Labute approximate surface area is 156 Å². The van der Waals surface area contributed by atoms with E-state index in [4.69, 9.17) is 11.6 Å². The van der Waals surface area contributed by atoms with Gasteiger partial charge in [-0.3, -0.25) is 4.79 Å². The Bertz CT molecular complexity index is 895. The second-order valence-electron chi connectivity index (χ2n) is 6.69. The third-order valence-corrected chi connectivity index (χ3v) is 6.58. The summed E-state index contributed by atoms with van der Waals surface area (Å²) in [6.07, 6.45) is 0. The van der Waals surface area contributed by atoms with Crippen LogP contribution in [0.5, 0.6) is 0 Å². The standard InChI is InChI=1S/C16H20ClN5O3S/c1-10(2)11-3-5-12(6-4-11)16-19-21-22(20-16)7-15(23)18-14-9-26(24,25)8-13(14)17/h3-6,10,13-14H,7-9H2,1-2H3,(H,18,23)/t13-,14+/m1/s1. The van der Waals surface area contributed by atoms with Gasteiger partial charge < -0.3 is 5.32 Å². The van der Waals surface area contributed by atoms with Crippen LogP contribution in [0.3, 0.4) is 0 Å². The summed E-state index contributed by atoms with van der Waals surface area (Å²) in [6.45, 7) is 4.07. The number of aromatic nitrogens is 4. The first-order chi connectivity index (χ1) is 12.2. The molecule has 8 nitrogen and oxygen atoms in total. The highest BCUT2D eigenvalue weighted by atomic mass is 35.5. The van der Waals surface area contributed by atoms with Gasteiger partial charge in [-0.05, 0) is 16.7 Å². The molecule has 1 aliphatic rings. The van der Waals surface area contributed by atoms with Gasteiger partial charge in [-0.15, -0.1) is 21.8 Å². The van der Waals surface area contributed by atoms with Crippen molar-refractivity contribution in [2.45, 2.75) is 37.7 Å². The fourth-order valence-electron chi connectivity index (χ4n) is 2.76. The Morgan fingerprint density at radius 1 is 1.31 bits per heavy atom. The van der Waals surface area contributed by atoms with Gasteiger partial charge in [0.25, 0.3) is 0 Å². The van der Waals surface area contributed by atoms with E-state index in [2.05, 4.69) is 34.6 Å². The molecule has 0 spiro atoms. The van der Waals surface area contributed by atoms with Gasteiger partial charge in [-0.25, -0.2) is 8.42 Å². The summed E-state index contributed by atoms with van der Waals surface area (Å²) in [7, 11) is -3.20. The third-order valence-electron chi connectivity index (χ3n) is 4.20. The van der Waals surface area contributed by atoms with E-state index >= 15 is 0 Å². The van der Waals surface area contributed by atoms with Gasteiger partial charge in [0.1, 0.15) is 6.54 Å². The van der Waals surface area contributed by atoms with Crippen molar-refractivity contribution in [1.29, 1.82) is 0 Å². The van der Waals surface area contributed by atoms with Crippen LogP contribution in [0, 0.1) is 0 Å². The number of benzene rings is 1. The molecule has 1 amide bonds. The van der Waals surface area contributed by atoms with E-state index in [9.17, 15) is 13.2 Å². The highest BCUT2D eigenvalue weighted by Crippen LogP contribution is 2.20. The largest absolute Gasteiger partial charge is 0.349 e. The molecule has 1 aliphatic heterocycles. The second kappa shape index (κ2) is 7.32. The predicted octanol–water partition coefficient (Wildman–Crippen LogP) is 0.984. The highest BCUT2D eigenvalue weighted by molar-refractivity contribution is 7.91. The number of alkyl halides is 1. The van der Waals surface area contributed by atoms with Gasteiger partial charge in [-0.1, -0.05) is 38.1 Å². The summed E-state index contributed by atoms with van der Waals surface area (Å²) in [5, 5.41) is 14.0. The maximum absolute atomic E-state index is 12.1. The van der Waals surface area contributed by atoms with E-state index in [1.807, 2.05) is 24.3 Å². The number of tetrazole rings is 1. The molecule has 26 heavy (non-hydrogen) atoms. The number of nitrogens with zero attached hydrogens (tertiary/aromatic N) is 4. The molecule has 2 heterocycles. The van der Waals surface area contributed by atoms with Gasteiger partial charge in [-0.2, -0.15) is 4.80 Å². The van der Waals surface area contributed by atoms with E-state index in [-0.39, 0.29) is 18.1 Å². The monoisotopic (exact) mass is 397 g/mol. The van der Waals surface area contributed by atoms with Crippen LogP contribution in [-0.2, 0) is 21.2 Å². The van der Waals surface area contributed by atoms with Gasteiger partial charge in [0.15, 0.2) is 9.84 Å². The Morgan fingerprint density at radius 2 is 2.00 bits per heavy atom. The van der Waals surface area contributed by atoms with Crippen molar-refractivity contribution in [3.05, 3.63) is 29.8 Å². The van der Waals surface area contributed by atoms with Crippen molar-refractivity contribution in [3.63, 3.8) is 0 Å². The minimum absolute atomic E-state index is 0.127. The number of halogens is 1. The average Bonchev–Trinajstić information content (AvgIpc) is 3.11. The van der Waals surface area contributed by atoms with Gasteiger partial charge in [0, 0.05) is 5.56 Å². The van der Waals surface area contributed by atoms with Crippen LogP contribution in [0.15, 0.2) is 24.3 Å². The molecule has 1 N–H and O–H groups in total. The number of carbonyl (C=O) groups excluding carboxylic acids is 1. The molecule has 140 valence electrons. The lowest BCUT2D eigenvalue weighted by molar-refractivity contribution is -0.122. The predicted molar refractivity (Wildman–Crippen MR) is 97.6 cm³/mol. The lowest BCUT2D eigenvalue weighted by atomic mass is 10.0. The van der Waals surface area contributed by atoms with Gasteiger partial charge in [0.05, 0.1) is 22.9 Å². The first kappa shape index (κ1) is 18.8. The minimum atomic E-state index is -3.20. The maximum atomic E-state index is 12.1. The molecule has 0 unspecified atom stereocenters.